The third kappa shape index (κ3) is 3.32. The van der Waals surface area contributed by atoms with Gasteiger partial charge in [-0.25, -0.2) is 15.8 Å². The van der Waals surface area contributed by atoms with E-state index in [1.807, 2.05) is 6.92 Å². The number of hydrogen-bond acceptors (Lipinski definition) is 6. The van der Waals surface area contributed by atoms with Gasteiger partial charge in [-0.1, -0.05) is 0 Å². The summed E-state index contributed by atoms with van der Waals surface area (Å²) in [5.41, 5.74) is 3.45. The van der Waals surface area contributed by atoms with E-state index < -0.39 is 0 Å². The van der Waals surface area contributed by atoms with Crippen LogP contribution in [0, 0.1) is 6.92 Å². The van der Waals surface area contributed by atoms with Gasteiger partial charge in [0.05, 0.1) is 0 Å². The number of hydrogen-bond donors (Lipinski definition) is 3. The summed E-state index contributed by atoms with van der Waals surface area (Å²) in [4.78, 5) is 8.19. The summed E-state index contributed by atoms with van der Waals surface area (Å²) < 4.78 is 5.02. The molecule has 0 bridgehead atoms. The lowest BCUT2D eigenvalue weighted by Crippen LogP contribution is -2.20. The molecular formula is C10H19N5O. The molecule has 0 spiro atoms. The van der Waals surface area contributed by atoms with Crippen LogP contribution in [-0.4, -0.2) is 29.7 Å². The van der Waals surface area contributed by atoms with E-state index in [1.54, 1.807) is 7.11 Å². The predicted molar refractivity (Wildman–Crippen MR) is 64.2 cm³/mol. The van der Waals surface area contributed by atoms with Gasteiger partial charge < -0.3 is 15.5 Å². The van der Waals surface area contributed by atoms with Crippen LogP contribution in [0.4, 0.5) is 11.6 Å². The van der Waals surface area contributed by atoms with Gasteiger partial charge in [-0.05, 0) is 20.3 Å². The lowest BCUT2D eigenvalue weighted by molar-refractivity contribution is 0.191. The zero-order valence-corrected chi connectivity index (χ0v) is 9.95. The van der Waals surface area contributed by atoms with Crippen LogP contribution >= 0.6 is 0 Å². The van der Waals surface area contributed by atoms with Gasteiger partial charge in [0.2, 0.25) is 0 Å². The number of nitrogens with zero attached hydrogens (tertiary/aromatic N) is 2. The Balaban J connectivity index is 2.66. The first-order valence-corrected chi connectivity index (χ1v) is 5.22. The maximum atomic E-state index is 5.34. The summed E-state index contributed by atoms with van der Waals surface area (Å²) in [6, 6.07) is 0.291. The van der Waals surface area contributed by atoms with Gasteiger partial charge in [-0.3, -0.25) is 0 Å². The SMILES string of the molecule is COCCC(C)Nc1ncnc(NN)c1C. The Morgan fingerprint density at radius 3 is 2.75 bits per heavy atom. The fourth-order valence-electron chi connectivity index (χ4n) is 1.34. The van der Waals surface area contributed by atoms with Crippen molar-refractivity contribution in [3.05, 3.63) is 11.9 Å². The van der Waals surface area contributed by atoms with Crippen LogP contribution < -0.4 is 16.6 Å². The fraction of sp³-hybridized carbons (Fsp3) is 0.600. The van der Waals surface area contributed by atoms with Crippen molar-refractivity contribution in [3.63, 3.8) is 0 Å². The minimum absolute atomic E-state index is 0.291. The number of rotatable bonds is 6. The summed E-state index contributed by atoms with van der Waals surface area (Å²) in [5.74, 6) is 6.78. The number of nitrogens with two attached hydrogens (primary N) is 1. The Morgan fingerprint density at radius 1 is 1.44 bits per heavy atom. The Morgan fingerprint density at radius 2 is 2.12 bits per heavy atom. The molecule has 1 heterocycles. The molecule has 0 radical (unpaired) electrons. The van der Waals surface area contributed by atoms with E-state index in [1.165, 1.54) is 6.33 Å². The monoisotopic (exact) mass is 225 g/mol. The molecule has 6 nitrogen and oxygen atoms in total. The van der Waals surface area contributed by atoms with Crippen molar-refractivity contribution < 1.29 is 4.74 Å². The Bertz CT molecular complexity index is 331. The van der Waals surface area contributed by atoms with Crippen molar-refractivity contribution in [3.8, 4) is 0 Å². The van der Waals surface area contributed by atoms with Crippen molar-refractivity contribution in [2.75, 3.05) is 24.5 Å². The Kier molecular flexibility index (Phi) is 4.94. The molecule has 1 unspecified atom stereocenters. The summed E-state index contributed by atoms with van der Waals surface area (Å²) in [6.07, 6.45) is 2.40. The van der Waals surface area contributed by atoms with Crippen molar-refractivity contribution >= 4 is 11.6 Å². The number of aromatic nitrogens is 2. The van der Waals surface area contributed by atoms with Crippen molar-refractivity contribution in [2.45, 2.75) is 26.3 Å². The van der Waals surface area contributed by atoms with Crippen LogP contribution in [0.2, 0.25) is 0 Å². The van der Waals surface area contributed by atoms with Crippen LogP contribution in [0.15, 0.2) is 6.33 Å². The zero-order valence-electron chi connectivity index (χ0n) is 9.95. The number of methoxy groups -OCH3 is 1. The second kappa shape index (κ2) is 6.24. The molecule has 0 aliphatic heterocycles. The van der Waals surface area contributed by atoms with Crippen LogP contribution in [0.5, 0.6) is 0 Å². The number of hydrazine groups is 1. The first-order valence-electron chi connectivity index (χ1n) is 5.22. The van der Waals surface area contributed by atoms with Crippen LogP contribution in [-0.2, 0) is 4.74 Å². The standard InChI is InChI=1S/C10H19N5O/c1-7(4-5-16-3)14-9-8(2)10(15-11)13-6-12-9/h6-7H,4-5,11H2,1-3H3,(H2,12,13,14,15). The van der Waals surface area contributed by atoms with Gasteiger partial charge >= 0.3 is 0 Å². The van der Waals surface area contributed by atoms with Crippen molar-refractivity contribution in [1.29, 1.82) is 0 Å². The van der Waals surface area contributed by atoms with E-state index in [9.17, 15) is 0 Å². The third-order valence-electron chi connectivity index (χ3n) is 2.36. The number of anilines is 2. The normalized spacial score (nSPS) is 12.2. The highest BCUT2D eigenvalue weighted by atomic mass is 16.5. The van der Waals surface area contributed by atoms with Gasteiger partial charge in [0, 0.05) is 25.3 Å². The highest BCUT2D eigenvalue weighted by Crippen LogP contribution is 2.18. The maximum absolute atomic E-state index is 5.34. The quantitative estimate of drug-likeness (QED) is 0.493. The summed E-state index contributed by atoms with van der Waals surface area (Å²) in [6.45, 7) is 4.72. The number of nitrogen functional groups attached to an aromatic ring is 1. The number of ether oxygens (including phenoxy) is 1. The molecule has 1 rings (SSSR count). The Hall–Kier alpha value is -1.40. The smallest absolute Gasteiger partial charge is 0.148 e. The van der Waals surface area contributed by atoms with Crippen LogP contribution in [0.3, 0.4) is 0 Å². The molecule has 0 aromatic carbocycles. The van der Waals surface area contributed by atoms with E-state index >= 15 is 0 Å². The van der Waals surface area contributed by atoms with Crippen molar-refractivity contribution in [2.24, 2.45) is 5.84 Å². The fourth-order valence-corrected chi connectivity index (χ4v) is 1.34. The second-order valence-corrected chi connectivity index (χ2v) is 3.67. The average Bonchev–Trinajstić information content (AvgIpc) is 2.29. The molecule has 0 saturated carbocycles. The first-order chi connectivity index (χ1) is 7.69. The maximum Gasteiger partial charge on any atom is 0.148 e. The molecule has 0 amide bonds. The van der Waals surface area contributed by atoms with Gasteiger partial charge in [0.1, 0.15) is 18.0 Å². The van der Waals surface area contributed by atoms with Gasteiger partial charge in [0.25, 0.3) is 0 Å². The molecule has 1 aromatic rings. The van der Waals surface area contributed by atoms with Crippen molar-refractivity contribution in [1.82, 2.24) is 9.97 Å². The van der Waals surface area contributed by atoms with Gasteiger partial charge in [-0.2, -0.15) is 0 Å². The lowest BCUT2D eigenvalue weighted by Gasteiger charge is -2.16. The average molecular weight is 225 g/mol. The molecule has 0 aliphatic rings. The largest absolute Gasteiger partial charge is 0.385 e. The topological polar surface area (TPSA) is 85.1 Å². The van der Waals surface area contributed by atoms with Crippen LogP contribution in [0.1, 0.15) is 18.9 Å². The highest BCUT2D eigenvalue weighted by Gasteiger charge is 2.08. The minimum atomic E-state index is 0.291. The molecule has 6 heteroatoms. The summed E-state index contributed by atoms with van der Waals surface area (Å²) >= 11 is 0. The summed E-state index contributed by atoms with van der Waals surface area (Å²) in [5, 5.41) is 3.29. The molecule has 0 aliphatic carbocycles. The highest BCUT2D eigenvalue weighted by molar-refractivity contribution is 5.56. The van der Waals surface area contributed by atoms with Crippen LogP contribution in [0.25, 0.3) is 0 Å². The van der Waals surface area contributed by atoms with E-state index in [0.29, 0.717) is 11.9 Å². The van der Waals surface area contributed by atoms with Gasteiger partial charge in [-0.15, -0.1) is 0 Å². The van der Waals surface area contributed by atoms with Gasteiger partial charge in [0.15, 0.2) is 0 Å². The number of nitrogens with one attached hydrogen (secondary N) is 2. The molecule has 90 valence electrons. The molecular weight excluding hydrogens is 206 g/mol. The minimum Gasteiger partial charge on any atom is -0.385 e. The molecule has 1 atom stereocenters. The molecule has 16 heavy (non-hydrogen) atoms. The summed E-state index contributed by atoms with van der Waals surface area (Å²) in [7, 11) is 1.69. The predicted octanol–water partition coefficient (Wildman–Crippen LogP) is 0.908. The molecule has 1 aromatic heterocycles. The van der Waals surface area contributed by atoms with E-state index in [0.717, 1.165) is 24.4 Å². The van der Waals surface area contributed by atoms with E-state index in [2.05, 4.69) is 27.6 Å². The molecule has 4 N–H and O–H groups in total. The zero-order chi connectivity index (χ0) is 12.0. The third-order valence-corrected chi connectivity index (χ3v) is 2.36. The van der Waals surface area contributed by atoms with E-state index in [-0.39, 0.29) is 0 Å². The Labute approximate surface area is 95.6 Å². The van der Waals surface area contributed by atoms with E-state index in [4.69, 9.17) is 10.6 Å². The molecule has 0 saturated heterocycles. The second-order valence-electron chi connectivity index (χ2n) is 3.67. The molecule has 0 fully saturated rings. The lowest BCUT2D eigenvalue weighted by atomic mass is 10.2. The first kappa shape index (κ1) is 12.7.